The quantitative estimate of drug-likeness (QED) is 0.530. The van der Waals surface area contributed by atoms with Gasteiger partial charge in [0.2, 0.25) is 5.95 Å². The first-order valence-electron chi connectivity index (χ1n) is 10.9. The van der Waals surface area contributed by atoms with Crippen LogP contribution in [0.15, 0.2) is 22.7 Å². The SMILES string of the molecule is Cc1cc(CNc2nc(Nc3cc(C4CC4)[nH]n3)cc(N3CC4CC3CN4C)n2)on1. The van der Waals surface area contributed by atoms with Gasteiger partial charge in [-0.2, -0.15) is 15.1 Å². The predicted molar refractivity (Wildman–Crippen MR) is 117 cm³/mol. The van der Waals surface area contributed by atoms with Gasteiger partial charge in [-0.3, -0.25) is 10.00 Å². The number of aromatic nitrogens is 5. The van der Waals surface area contributed by atoms with Crippen molar-refractivity contribution in [2.45, 2.75) is 50.7 Å². The number of piperazine rings is 1. The normalized spacial score (nSPS) is 23.0. The van der Waals surface area contributed by atoms with Crippen LogP contribution in [0.2, 0.25) is 0 Å². The van der Waals surface area contributed by atoms with Gasteiger partial charge in [0.25, 0.3) is 0 Å². The second kappa shape index (κ2) is 7.23. The van der Waals surface area contributed by atoms with Gasteiger partial charge >= 0.3 is 0 Å². The Kier molecular flexibility index (Phi) is 4.34. The highest BCUT2D eigenvalue weighted by atomic mass is 16.5. The Morgan fingerprint density at radius 1 is 1.13 bits per heavy atom. The fourth-order valence-electron chi connectivity index (χ4n) is 4.67. The molecule has 0 spiro atoms. The zero-order chi connectivity index (χ0) is 20.9. The molecule has 3 N–H and O–H groups in total. The highest BCUT2D eigenvalue weighted by Crippen LogP contribution is 2.40. The van der Waals surface area contributed by atoms with Crippen molar-refractivity contribution < 1.29 is 4.52 Å². The number of hydrogen-bond acceptors (Lipinski definition) is 9. The van der Waals surface area contributed by atoms with Crippen LogP contribution in [0.3, 0.4) is 0 Å². The predicted octanol–water partition coefficient (Wildman–Crippen LogP) is 2.62. The molecule has 6 rings (SSSR count). The Hall–Kier alpha value is -3.14. The summed E-state index contributed by atoms with van der Waals surface area (Å²) in [4.78, 5) is 14.3. The molecule has 3 aromatic rings. The molecule has 3 aromatic heterocycles. The maximum absolute atomic E-state index is 5.31. The first-order chi connectivity index (χ1) is 15.1. The van der Waals surface area contributed by atoms with Crippen molar-refractivity contribution in [2.24, 2.45) is 0 Å². The first kappa shape index (κ1) is 18.6. The summed E-state index contributed by atoms with van der Waals surface area (Å²) in [5.74, 6) is 4.39. The number of likely N-dealkylation sites (tertiary alicyclic amines) is 1. The van der Waals surface area contributed by atoms with E-state index in [0.29, 0.717) is 30.5 Å². The number of rotatable bonds is 7. The van der Waals surface area contributed by atoms with Crippen molar-refractivity contribution in [2.75, 3.05) is 35.7 Å². The second-order valence-corrected chi connectivity index (χ2v) is 8.97. The van der Waals surface area contributed by atoms with E-state index in [9.17, 15) is 0 Å². The van der Waals surface area contributed by atoms with E-state index in [0.717, 1.165) is 42.0 Å². The number of likely N-dealkylation sites (N-methyl/N-ethyl adjacent to an activating group) is 1. The minimum atomic E-state index is 0.479. The monoisotopic (exact) mass is 421 g/mol. The molecule has 2 aliphatic heterocycles. The molecular formula is C21H27N9O. The summed E-state index contributed by atoms with van der Waals surface area (Å²) in [6.45, 7) is 4.45. The zero-order valence-electron chi connectivity index (χ0n) is 17.8. The van der Waals surface area contributed by atoms with E-state index in [4.69, 9.17) is 9.51 Å². The third-order valence-electron chi connectivity index (χ3n) is 6.49. The van der Waals surface area contributed by atoms with Crippen molar-refractivity contribution in [3.63, 3.8) is 0 Å². The molecule has 162 valence electrons. The molecule has 2 unspecified atom stereocenters. The van der Waals surface area contributed by atoms with Crippen molar-refractivity contribution in [3.8, 4) is 0 Å². The van der Waals surface area contributed by atoms with Gasteiger partial charge in [-0.05, 0) is 33.2 Å². The van der Waals surface area contributed by atoms with Crippen LogP contribution in [0.4, 0.5) is 23.4 Å². The number of nitrogens with zero attached hydrogens (tertiary/aromatic N) is 6. The van der Waals surface area contributed by atoms with Crippen LogP contribution < -0.4 is 15.5 Å². The van der Waals surface area contributed by atoms with Crippen molar-refractivity contribution in [1.29, 1.82) is 0 Å². The molecule has 2 saturated heterocycles. The Morgan fingerprint density at radius 2 is 2.03 bits per heavy atom. The first-order valence-corrected chi connectivity index (χ1v) is 10.9. The Morgan fingerprint density at radius 3 is 2.74 bits per heavy atom. The molecule has 1 aliphatic carbocycles. The summed E-state index contributed by atoms with van der Waals surface area (Å²) in [6, 6.07) is 7.10. The van der Waals surface area contributed by atoms with Crippen LogP contribution in [0.1, 0.15) is 42.3 Å². The van der Waals surface area contributed by atoms with E-state index in [1.165, 1.54) is 25.0 Å². The number of aryl methyl sites for hydroxylation is 1. The molecular weight excluding hydrogens is 394 g/mol. The molecule has 10 heteroatoms. The van der Waals surface area contributed by atoms with Gasteiger partial charge in [-0.15, -0.1) is 0 Å². The lowest BCUT2D eigenvalue weighted by Gasteiger charge is -2.33. The highest BCUT2D eigenvalue weighted by molar-refractivity contribution is 5.61. The van der Waals surface area contributed by atoms with E-state index in [-0.39, 0.29) is 0 Å². The standard InChI is InChI=1S/C21H27N9O/c1-12-5-16(31-28-12)9-22-21-24-18(23-19-7-17(26-27-19)13-3-4-13)8-20(25-21)30-11-14-6-15(30)10-29(14)2/h5,7-8,13-15H,3-4,6,9-11H2,1-2H3,(H3,22,23,24,25,26,27). The summed E-state index contributed by atoms with van der Waals surface area (Å²) in [5.41, 5.74) is 2.05. The van der Waals surface area contributed by atoms with Gasteiger partial charge in [0, 0.05) is 55.0 Å². The molecule has 0 aromatic carbocycles. The summed E-state index contributed by atoms with van der Waals surface area (Å²) in [5, 5.41) is 18.1. The number of nitrogens with one attached hydrogen (secondary N) is 3. The van der Waals surface area contributed by atoms with Crippen LogP contribution in [-0.2, 0) is 6.54 Å². The van der Waals surface area contributed by atoms with Crippen molar-refractivity contribution in [3.05, 3.63) is 35.3 Å². The lowest BCUT2D eigenvalue weighted by atomic mass is 10.2. The third kappa shape index (κ3) is 3.71. The van der Waals surface area contributed by atoms with E-state index in [1.807, 2.05) is 19.1 Å². The maximum Gasteiger partial charge on any atom is 0.227 e. The molecule has 31 heavy (non-hydrogen) atoms. The Labute approximate surface area is 180 Å². The average Bonchev–Trinajstić information content (AvgIpc) is 3.08. The molecule has 2 atom stereocenters. The topological polar surface area (TPSA) is 111 Å². The maximum atomic E-state index is 5.31. The summed E-state index contributed by atoms with van der Waals surface area (Å²) in [6.07, 6.45) is 3.66. The third-order valence-corrected chi connectivity index (χ3v) is 6.49. The van der Waals surface area contributed by atoms with Crippen LogP contribution in [0, 0.1) is 6.92 Å². The number of anilines is 4. The Bertz CT molecular complexity index is 1090. The van der Waals surface area contributed by atoms with E-state index in [2.05, 4.69) is 53.9 Å². The van der Waals surface area contributed by atoms with Gasteiger partial charge in [-0.25, -0.2) is 0 Å². The summed E-state index contributed by atoms with van der Waals surface area (Å²) in [7, 11) is 2.20. The second-order valence-electron chi connectivity index (χ2n) is 8.97. The van der Waals surface area contributed by atoms with Crippen LogP contribution in [0.5, 0.6) is 0 Å². The van der Waals surface area contributed by atoms with Gasteiger partial charge in [0.15, 0.2) is 11.6 Å². The van der Waals surface area contributed by atoms with Crippen LogP contribution >= 0.6 is 0 Å². The molecule has 1 saturated carbocycles. The number of H-pyrrole nitrogens is 1. The summed E-state index contributed by atoms with van der Waals surface area (Å²) >= 11 is 0. The van der Waals surface area contributed by atoms with Crippen LogP contribution in [-0.4, -0.2) is 62.4 Å². The van der Waals surface area contributed by atoms with Gasteiger partial charge in [0.05, 0.1) is 12.2 Å². The van der Waals surface area contributed by atoms with E-state index >= 15 is 0 Å². The average molecular weight is 422 g/mol. The molecule has 3 aliphatic rings. The molecule has 3 fully saturated rings. The Balaban J connectivity index is 1.26. The van der Waals surface area contributed by atoms with Crippen LogP contribution in [0.25, 0.3) is 0 Å². The smallest absolute Gasteiger partial charge is 0.227 e. The lowest BCUT2D eigenvalue weighted by molar-refractivity contribution is 0.292. The summed E-state index contributed by atoms with van der Waals surface area (Å²) < 4.78 is 5.31. The van der Waals surface area contributed by atoms with Gasteiger partial charge < -0.3 is 20.1 Å². The molecule has 0 radical (unpaired) electrons. The molecule has 2 bridgehead atoms. The van der Waals surface area contributed by atoms with Gasteiger partial charge in [0.1, 0.15) is 11.6 Å². The minimum Gasteiger partial charge on any atom is -0.359 e. The highest BCUT2D eigenvalue weighted by Gasteiger charge is 2.42. The number of fused-ring (bicyclic) bond motifs is 2. The number of aromatic amines is 1. The lowest BCUT2D eigenvalue weighted by Crippen LogP contribution is -2.45. The molecule has 5 heterocycles. The van der Waals surface area contributed by atoms with E-state index in [1.54, 1.807) is 0 Å². The van der Waals surface area contributed by atoms with Gasteiger partial charge in [-0.1, -0.05) is 5.16 Å². The fourth-order valence-corrected chi connectivity index (χ4v) is 4.67. The zero-order valence-corrected chi connectivity index (χ0v) is 17.8. The van der Waals surface area contributed by atoms with E-state index < -0.39 is 0 Å². The molecule has 0 amide bonds. The van der Waals surface area contributed by atoms with Crippen molar-refractivity contribution >= 4 is 23.4 Å². The largest absolute Gasteiger partial charge is 0.359 e. The number of hydrogen-bond donors (Lipinski definition) is 3. The van der Waals surface area contributed by atoms with Crippen molar-refractivity contribution in [1.82, 2.24) is 30.2 Å². The fraction of sp³-hybridized carbons (Fsp3) is 0.524. The molecule has 10 nitrogen and oxygen atoms in total. The minimum absolute atomic E-state index is 0.479.